The number of carbonyl (C=O) groups excluding carboxylic acids is 2. The van der Waals surface area contributed by atoms with E-state index in [1.165, 1.54) is 5.56 Å². The molecule has 0 radical (unpaired) electrons. The van der Waals surface area contributed by atoms with Gasteiger partial charge in [0.1, 0.15) is 11.4 Å². The van der Waals surface area contributed by atoms with Gasteiger partial charge in [0.2, 0.25) is 5.91 Å². The van der Waals surface area contributed by atoms with Crippen molar-refractivity contribution in [3.05, 3.63) is 29.8 Å². The van der Waals surface area contributed by atoms with Crippen molar-refractivity contribution in [3.63, 3.8) is 0 Å². The summed E-state index contributed by atoms with van der Waals surface area (Å²) in [6.07, 6.45) is 0.542. The normalized spacial score (nSPS) is 10.8. The van der Waals surface area contributed by atoms with Crippen molar-refractivity contribution in [1.29, 1.82) is 0 Å². The second kappa shape index (κ2) is 9.80. The summed E-state index contributed by atoms with van der Waals surface area (Å²) >= 11 is 0. The summed E-state index contributed by atoms with van der Waals surface area (Å²) in [7, 11) is 0. The van der Waals surface area contributed by atoms with E-state index in [9.17, 15) is 9.59 Å². The molecule has 0 atom stereocenters. The smallest absolute Gasteiger partial charge is 0.407 e. The third kappa shape index (κ3) is 9.71. The number of aryl methyl sites for hydroxylation is 1. The van der Waals surface area contributed by atoms with E-state index < -0.39 is 11.7 Å². The van der Waals surface area contributed by atoms with Gasteiger partial charge in [-0.1, -0.05) is 17.7 Å². The maximum absolute atomic E-state index is 11.7. The molecule has 6 heteroatoms. The Morgan fingerprint density at radius 1 is 1.04 bits per heavy atom. The molecule has 1 rings (SSSR count). The average Bonchev–Trinajstić information content (AvgIpc) is 2.48. The molecule has 0 aliphatic rings. The molecule has 0 aromatic heterocycles. The second-order valence-electron chi connectivity index (χ2n) is 6.54. The van der Waals surface area contributed by atoms with Gasteiger partial charge < -0.3 is 20.1 Å². The van der Waals surface area contributed by atoms with Crippen molar-refractivity contribution >= 4 is 12.0 Å². The van der Waals surface area contributed by atoms with Crippen molar-refractivity contribution in [1.82, 2.24) is 10.6 Å². The highest BCUT2D eigenvalue weighted by Gasteiger charge is 2.15. The van der Waals surface area contributed by atoms with Gasteiger partial charge in [0.15, 0.2) is 0 Å². The summed E-state index contributed by atoms with van der Waals surface area (Å²) in [6, 6.07) is 7.80. The molecular formula is C18H28N2O4. The minimum absolute atomic E-state index is 0.0616. The Morgan fingerprint density at radius 3 is 2.29 bits per heavy atom. The van der Waals surface area contributed by atoms with Crippen LogP contribution in [0.1, 0.15) is 39.2 Å². The number of amides is 2. The molecule has 2 N–H and O–H groups in total. The molecule has 1 aromatic carbocycles. The molecule has 0 fully saturated rings. The zero-order valence-electron chi connectivity index (χ0n) is 15.0. The Bertz CT molecular complexity index is 521. The SMILES string of the molecule is Cc1ccc(OCCCC(=O)NCCNC(=O)OC(C)(C)C)cc1. The maximum atomic E-state index is 11.7. The first-order chi connectivity index (χ1) is 11.3. The van der Waals surface area contributed by atoms with Crippen molar-refractivity contribution in [2.24, 2.45) is 0 Å². The van der Waals surface area contributed by atoms with Crippen LogP contribution in [0.5, 0.6) is 5.75 Å². The van der Waals surface area contributed by atoms with Gasteiger partial charge in [-0.3, -0.25) is 4.79 Å². The van der Waals surface area contributed by atoms with Crippen LogP contribution in [0.4, 0.5) is 4.79 Å². The topological polar surface area (TPSA) is 76.7 Å². The summed E-state index contributed by atoms with van der Waals surface area (Å²) in [5.41, 5.74) is 0.659. The van der Waals surface area contributed by atoms with Crippen LogP contribution in [0, 0.1) is 6.92 Å². The van der Waals surface area contributed by atoms with Crippen LogP contribution in [0.2, 0.25) is 0 Å². The minimum atomic E-state index is -0.523. The largest absolute Gasteiger partial charge is 0.494 e. The number of hydrogen-bond donors (Lipinski definition) is 2. The van der Waals surface area contributed by atoms with Gasteiger partial charge in [-0.05, 0) is 46.2 Å². The number of ether oxygens (including phenoxy) is 2. The molecule has 0 heterocycles. The van der Waals surface area contributed by atoms with Crippen molar-refractivity contribution in [2.45, 2.75) is 46.1 Å². The number of benzene rings is 1. The molecule has 24 heavy (non-hydrogen) atoms. The molecule has 0 bridgehead atoms. The lowest BCUT2D eigenvalue weighted by Gasteiger charge is -2.19. The van der Waals surface area contributed by atoms with Crippen LogP contribution in [-0.4, -0.2) is 37.3 Å². The second-order valence-corrected chi connectivity index (χ2v) is 6.54. The zero-order valence-corrected chi connectivity index (χ0v) is 15.0. The van der Waals surface area contributed by atoms with E-state index >= 15 is 0 Å². The number of hydrogen-bond acceptors (Lipinski definition) is 4. The summed E-state index contributed by atoms with van der Waals surface area (Å²) < 4.78 is 10.7. The van der Waals surface area contributed by atoms with Gasteiger partial charge in [-0.2, -0.15) is 0 Å². The lowest BCUT2D eigenvalue weighted by molar-refractivity contribution is -0.121. The van der Waals surface area contributed by atoms with Crippen LogP contribution in [0.25, 0.3) is 0 Å². The summed E-state index contributed by atoms with van der Waals surface area (Å²) in [4.78, 5) is 23.1. The molecule has 2 amide bonds. The molecule has 0 aliphatic heterocycles. The van der Waals surface area contributed by atoms with Crippen LogP contribution in [-0.2, 0) is 9.53 Å². The van der Waals surface area contributed by atoms with E-state index in [2.05, 4.69) is 10.6 Å². The molecule has 0 unspecified atom stereocenters. The van der Waals surface area contributed by atoms with E-state index in [1.54, 1.807) is 20.8 Å². The van der Waals surface area contributed by atoms with Gasteiger partial charge in [-0.15, -0.1) is 0 Å². The fraction of sp³-hybridized carbons (Fsp3) is 0.556. The molecule has 0 spiro atoms. The van der Waals surface area contributed by atoms with Gasteiger partial charge in [0, 0.05) is 19.5 Å². The summed E-state index contributed by atoms with van der Waals surface area (Å²) in [5.74, 6) is 0.746. The molecule has 134 valence electrons. The predicted molar refractivity (Wildman–Crippen MR) is 93.2 cm³/mol. The van der Waals surface area contributed by atoms with Gasteiger partial charge >= 0.3 is 6.09 Å². The predicted octanol–water partition coefficient (Wildman–Crippen LogP) is 2.79. The first-order valence-corrected chi connectivity index (χ1v) is 8.19. The van der Waals surface area contributed by atoms with E-state index in [0.717, 1.165) is 5.75 Å². The Morgan fingerprint density at radius 2 is 1.67 bits per heavy atom. The molecule has 0 aliphatic carbocycles. The fourth-order valence-electron chi connectivity index (χ4n) is 1.83. The Hall–Kier alpha value is -2.24. The van der Waals surface area contributed by atoms with Crippen LogP contribution in [0.15, 0.2) is 24.3 Å². The van der Waals surface area contributed by atoms with Gasteiger partial charge in [0.05, 0.1) is 6.61 Å². The van der Waals surface area contributed by atoms with E-state index in [0.29, 0.717) is 32.5 Å². The quantitative estimate of drug-likeness (QED) is 0.716. The number of rotatable bonds is 8. The van der Waals surface area contributed by atoms with Crippen LogP contribution < -0.4 is 15.4 Å². The minimum Gasteiger partial charge on any atom is -0.494 e. The van der Waals surface area contributed by atoms with Gasteiger partial charge in [-0.25, -0.2) is 4.79 Å². The number of carbonyl (C=O) groups is 2. The third-order valence-electron chi connectivity index (χ3n) is 2.95. The van der Waals surface area contributed by atoms with Crippen molar-refractivity contribution in [3.8, 4) is 5.75 Å². The standard InChI is InChI=1S/C18H28N2O4/c1-14-7-9-15(10-8-14)23-13-5-6-16(21)19-11-12-20-17(22)24-18(2,3)4/h7-10H,5-6,11-13H2,1-4H3,(H,19,21)(H,20,22). The third-order valence-corrected chi connectivity index (χ3v) is 2.95. The highest BCUT2D eigenvalue weighted by atomic mass is 16.6. The summed E-state index contributed by atoms with van der Waals surface area (Å²) in [5, 5.41) is 5.33. The zero-order chi connectivity index (χ0) is 18.0. The van der Waals surface area contributed by atoms with E-state index in [-0.39, 0.29) is 5.91 Å². The molecule has 0 saturated carbocycles. The average molecular weight is 336 g/mol. The highest BCUT2D eigenvalue weighted by molar-refractivity contribution is 5.75. The van der Waals surface area contributed by atoms with Gasteiger partial charge in [0.25, 0.3) is 0 Å². The molecular weight excluding hydrogens is 308 g/mol. The van der Waals surface area contributed by atoms with Crippen molar-refractivity contribution in [2.75, 3.05) is 19.7 Å². The van der Waals surface area contributed by atoms with Crippen LogP contribution in [0.3, 0.4) is 0 Å². The number of alkyl carbamates (subject to hydrolysis) is 1. The molecule has 0 saturated heterocycles. The Kier molecular flexibility index (Phi) is 8.09. The Balaban J connectivity index is 2.04. The number of nitrogens with one attached hydrogen (secondary N) is 2. The van der Waals surface area contributed by atoms with E-state index in [1.807, 2.05) is 31.2 Å². The van der Waals surface area contributed by atoms with E-state index in [4.69, 9.17) is 9.47 Å². The first kappa shape index (κ1) is 19.8. The van der Waals surface area contributed by atoms with Crippen LogP contribution >= 0.6 is 0 Å². The molecule has 1 aromatic rings. The monoisotopic (exact) mass is 336 g/mol. The lowest BCUT2D eigenvalue weighted by Crippen LogP contribution is -2.37. The lowest BCUT2D eigenvalue weighted by atomic mass is 10.2. The van der Waals surface area contributed by atoms with Crippen molar-refractivity contribution < 1.29 is 19.1 Å². The fourth-order valence-corrected chi connectivity index (χ4v) is 1.83. The highest BCUT2D eigenvalue weighted by Crippen LogP contribution is 2.11. The Labute approximate surface area is 143 Å². The molecule has 6 nitrogen and oxygen atoms in total. The first-order valence-electron chi connectivity index (χ1n) is 8.19. The maximum Gasteiger partial charge on any atom is 0.407 e. The summed E-state index contributed by atoms with van der Waals surface area (Å²) in [6.45, 7) is 8.61.